The highest BCUT2D eigenvalue weighted by Gasteiger charge is 2.70. The fourth-order valence-corrected chi connectivity index (χ4v) is 29.1. The van der Waals surface area contributed by atoms with Gasteiger partial charge in [-0.25, -0.2) is 0 Å². The lowest BCUT2D eigenvalue weighted by Crippen LogP contribution is -2.55. The monoisotopic (exact) mass is 1410 g/mol. The van der Waals surface area contributed by atoms with Gasteiger partial charge in [0.2, 0.25) is 0 Å². The Hall–Kier alpha value is -3.96. The van der Waals surface area contributed by atoms with Gasteiger partial charge in [-0.15, -0.1) is 0 Å². The number of rotatable bonds is 22. The zero-order valence-electron chi connectivity index (χ0n) is 62.4. The van der Waals surface area contributed by atoms with Gasteiger partial charge in [-0.2, -0.15) is 0 Å². The SMILES string of the molecule is CCC(C)(C)C(=O)OC1CC2CC1C1C3CC(CC3C(=O)OCOC3C4CC5CC(C4)C(=O)C3C5)C21.CCC(C)C(=O)OC1CC2CC1C1C3CC(CC3C(=O)OCOC3C4CC5CC(C4)C(=O)C3C5)C21.CCC(C)C(=O)OC1CC2CC1C1C3CC(CC3C(=O)OCOCC3CCCCC3)C21. The van der Waals surface area contributed by atoms with Gasteiger partial charge in [-0.05, 0) is 310 Å². The summed E-state index contributed by atoms with van der Waals surface area (Å²) < 4.78 is 53.1. The third kappa shape index (κ3) is 12.4. The van der Waals surface area contributed by atoms with Crippen LogP contribution >= 0.6 is 0 Å². The Bertz CT molecular complexity index is 3190. The van der Waals surface area contributed by atoms with Crippen LogP contribution in [0.1, 0.15) is 228 Å². The molecule has 0 spiro atoms. The van der Waals surface area contributed by atoms with Crippen molar-refractivity contribution in [1.82, 2.24) is 0 Å². The van der Waals surface area contributed by atoms with Gasteiger partial charge in [0.1, 0.15) is 29.9 Å². The summed E-state index contributed by atoms with van der Waals surface area (Å²) >= 11 is 0. The molecule has 20 bridgehead atoms. The molecule has 21 saturated carbocycles. The highest BCUT2D eigenvalue weighted by molar-refractivity contribution is 5.87. The first-order chi connectivity index (χ1) is 49.2. The van der Waals surface area contributed by atoms with E-state index in [1.54, 1.807) is 0 Å². The van der Waals surface area contributed by atoms with Crippen molar-refractivity contribution in [1.29, 1.82) is 0 Å². The summed E-state index contributed by atoms with van der Waals surface area (Å²) in [5.41, 5.74) is -0.440. The number of hydrogen-bond acceptors (Lipinski definition) is 17. The maximum Gasteiger partial charge on any atom is 0.311 e. The maximum atomic E-state index is 13.2. The molecule has 0 aromatic carbocycles. The smallest absolute Gasteiger partial charge is 0.311 e. The van der Waals surface area contributed by atoms with Crippen molar-refractivity contribution in [3.63, 3.8) is 0 Å². The van der Waals surface area contributed by atoms with E-state index in [1.807, 2.05) is 48.5 Å². The lowest BCUT2D eigenvalue weighted by molar-refractivity contribution is -0.194. The second kappa shape index (κ2) is 28.2. The van der Waals surface area contributed by atoms with E-state index < -0.39 is 5.41 Å². The minimum atomic E-state index is -0.440. The van der Waals surface area contributed by atoms with Crippen molar-refractivity contribution in [2.24, 2.45) is 195 Å². The molecule has 21 fully saturated rings. The van der Waals surface area contributed by atoms with Crippen LogP contribution < -0.4 is 0 Å². The molecule has 0 N–H and O–H groups in total. The second-order valence-electron chi connectivity index (χ2n) is 38.8. The fourth-order valence-electron chi connectivity index (χ4n) is 29.1. The van der Waals surface area contributed by atoms with Gasteiger partial charge in [0, 0.05) is 23.7 Å². The highest BCUT2D eigenvalue weighted by atomic mass is 16.7. The van der Waals surface area contributed by atoms with Gasteiger partial charge in [0.25, 0.3) is 0 Å². The molecule has 102 heavy (non-hydrogen) atoms. The van der Waals surface area contributed by atoms with E-state index in [2.05, 4.69) is 0 Å². The lowest BCUT2D eigenvalue weighted by atomic mass is 9.54. The van der Waals surface area contributed by atoms with Crippen molar-refractivity contribution >= 4 is 47.4 Å². The molecule has 21 aliphatic carbocycles. The van der Waals surface area contributed by atoms with E-state index in [4.69, 9.17) is 42.6 Å². The minimum absolute atomic E-state index is 0.0116. The molecule has 0 saturated heterocycles. The topological polar surface area (TPSA) is 220 Å². The summed E-state index contributed by atoms with van der Waals surface area (Å²) in [6.07, 6.45) is 30.1. The zero-order chi connectivity index (χ0) is 70.5. The molecule has 0 amide bonds. The molecule has 0 aromatic heterocycles. The molecule has 0 aliphatic heterocycles. The van der Waals surface area contributed by atoms with Gasteiger partial charge in [0.15, 0.2) is 20.4 Å². The van der Waals surface area contributed by atoms with Crippen LogP contribution in [0.25, 0.3) is 0 Å². The molecular formula is C85H122O17. The third-order valence-electron chi connectivity index (χ3n) is 33.8. The summed E-state index contributed by atoms with van der Waals surface area (Å²) in [5, 5.41) is 0. The molecule has 17 nitrogen and oxygen atoms in total. The van der Waals surface area contributed by atoms with Gasteiger partial charge < -0.3 is 42.6 Å². The van der Waals surface area contributed by atoms with Crippen molar-refractivity contribution in [2.75, 3.05) is 27.0 Å². The molecule has 36 unspecified atom stereocenters. The molecule has 21 rings (SSSR count). The first kappa shape index (κ1) is 71.0. The molecule has 17 heteroatoms. The van der Waals surface area contributed by atoms with Gasteiger partial charge in [-0.1, -0.05) is 53.9 Å². The Balaban J connectivity index is 0.000000114. The molecule has 21 aliphatic rings. The number of ether oxygens (including phenoxy) is 9. The Labute approximate surface area is 606 Å². The third-order valence-corrected chi connectivity index (χ3v) is 33.8. The Kier molecular flexibility index (Phi) is 19.7. The average Bonchev–Trinajstić information content (AvgIpc) is 1.54. The normalized spacial score (nSPS) is 47.7. The van der Waals surface area contributed by atoms with Gasteiger partial charge in [-0.3, -0.25) is 38.4 Å². The second-order valence-corrected chi connectivity index (χ2v) is 38.8. The summed E-state index contributed by atoms with van der Waals surface area (Å²) in [5.74, 6) is 13.7. The number of ketones is 2. The summed E-state index contributed by atoms with van der Waals surface area (Å²) in [4.78, 5) is 102. The van der Waals surface area contributed by atoms with E-state index in [0.717, 1.165) is 147 Å². The van der Waals surface area contributed by atoms with E-state index in [9.17, 15) is 38.4 Å². The van der Waals surface area contributed by atoms with Crippen LogP contribution in [0.3, 0.4) is 0 Å². The summed E-state index contributed by atoms with van der Waals surface area (Å²) in [6.45, 7) is 14.7. The summed E-state index contributed by atoms with van der Waals surface area (Å²) in [7, 11) is 0. The number of carbonyl (C=O) groups excluding carboxylic acids is 8. The van der Waals surface area contributed by atoms with Crippen LogP contribution in [-0.4, -0.2) is 105 Å². The molecule has 564 valence electrons. The number of hydrogen-bond donors (Lipinski definition) is 0. The molecule has 0 heterocycles. The van der Waals surface area contributed by atoms with Crippen LogP contribution in [0, 0.1) is 195 Å². The van der Waals surface area contributed by atoms with E-state index in [-0.39, 0.29) is 140 Å². The standard InChI is InChI=1S/C30H42O6.C29H40O6.C26H40O5/c1-4-30(2,3)29(33)36-23-12-16-11-21(23)25-19-9-15(24(16)25)10-20(19)28(32)35-13-34-27-18-6-14-5-17(8-18)26(31)22(27)7-14;1-3-13(2)28(31)35-23-11-16-10-21(23)25-19-8-15(24(16)25)9-20(19)29(32)34-12-33-27-18-5-14-4-17(7-18)26(30)22(27)6-14;1-3-15(2)25(27)31-22-12-18-11-21(22)24-19-9-17(23(18)24)10-20(19)26(28)30-14-29-13-16-7-5-4-6-8-16/h14-25,27H,4-13H2,1-3H3;13-25,27H,3-12H2,1-2H3;15-24H,3-14H2,1-2H3. The van der Waals surface area contributed by atoms with Gasteiger partial charge in [0.05, 0.1) is 53.8 Å². The highest BCUT2D eigenvalue weighted by Crippen LogP contribution is 2.72. The first-order valence-corrected chi connectivity index (χ1v) is 42.2. The quantitative estimate of drug-likeness (QED) is 0.0323. The van der Waals surface area contributed by atoms with Crippen molar-refractivity contribution in [2.45, 2.75) is 259 Å². The van der Waals surface area contributed by atoms with Crippen LogP contribution in [0.5, 0.6) is 0 Å². The molecule has 0 radical (unpaired) electrons. The van der Waals surface area contributed by atoms with Crippen LogP contribution in [0.2, 0.25) is 0 Å². The Morgan fingerprint density at radius 3 is 1.20 bits per heavy atom. The van der Waals surface area contributed by atoms with Gasteiger partial charge >= 0.3 is 35.8 Å². The summed E-state index contributed by atoms with van der Waals surface area (Å²) in [6, 6.07) is 0. The molecule has 36 atom stereocenters. The number of esters is 6. The Morgan fingerprint density at radius 2 is 0.794 bits per heavy atom. The largest absolute Gasteiger partial charge is 0.462 e. The average molecular weight is 1420 g/mol. The minimum Gasteiger partial charge on any atom is -0.462 e. The van der Waals surface area contributed by atoms with E-state index >= 15 is 0 Å². The number of Topliss-reactive ketones (excluding diaryl/α,β-unsaturated/α-hetero) is 2. The number of carbonyl (C=O) groups is 8. The molecule has 0 aromatic rings. The van der Waals surface area contributed by atoms with Crippen LogP contribution in [0.15, 0.2) is 0 Å². The predicted molar refractivity (Wildman–Crippen MR) is 371 cm³/mol. The van der Waals surface area contributed by atoms with Crippen LogP contribution in [0.4, 0.5) is 0 Å². The van der Waals surface area contributed by atoms with Crippen molar-refractivity contribution in [3.05, 3.63) is 0 Å². The van der Waals surface area contributed by atoms with Crippen LogP contribution in [-0.2, 0) is 81.0 Å². The van der Waals surface area contributed by atoms with Crippen molar-refractivity contribution < 1.29 is 81.0 Å². The number of fused-ring (bicyclic) bond motifs is 27. The lowest BCUT2D eigenvalue weighted by Gasteiger charge is -2.52. The zero-order valence-corrected chi connectivity index (χ0v) is 62.4. The Morgan fingerprint density at radius 1 is 0.412 bits per heavy atom. The van der Waals surface area contributed by atoms with E-state index in [0.29, 0.717) is 142 Å². The first-order valence-electron chi connectivity index (χ1n) is 42.2. The maximum absolute atomic E-state index is 13.2. The molecular weight excluding hydrogens is 1290 g/mol. The fraction of sp³-hybridized carbons (Fsp3) is 0.906. The van der Waals surface area contributed by atoms with Crippen molar-refractivity contribution in [3.8, 4) is 0 Å². The predicted octanol–water partition coefficient (Wildman–Crippen LogP) is 14.1. The van der Waals surface area contributed by atoms with E-state index in [1.165, 1.54) is 44.9 Å².